The second-order valence-corrected chi connectivity index (χ2v) is 4.00. The van der Waals surface area contributed by atoms with Crippen molar-refractivity contribution < 1.29 is 39.6 Å². The third-order valence-electron chi connectivity index (χ3n) is 2.17. The Hall–Kier alpha value is -2.20. The predicted molar refractivity (Wildman–Crippen MR) is 66.7 cm³/mol. The maximum absolute atomic E-state index is 10.6. The normalized spacial score (nSPS) is 10.2. The fourth-order valence-corrected chi connectivity index (χ4v) is 1.48. The molecule has 0 aliphatic heterocycles. The Kier molecular flexibility index (Phi) is 10.6. The van der Waals surface area contributed by atoms with Crippen molar-refractivity contribution in [3.63, 3.8) is 0 Å². The van der Waals surface area contributed by atoms with Crippen LogP contribution in [0, 0.1) is 7.43 Å². The Balaban J connectivity index is 0. The van der Waals surface area contributed by atoms with E-state index in [9.17, 15) is 19.2 Å². The summed E-state index contributed by atoms with van der Waals surface area (Å²) in [6.45, 7) is -2.25. The Bertz CT molecular complexity index is 316. The first-order valence-electron chi connectivity index (χ1n) is 5.52. The molecule has 0 saturated carbocycles. The van der Waals surface area contributed by atoms with Gasteiger partial charge in [-0.25, -0.2) is 0 Å². The molecule has 0 heterocycles. The number of carbonyl (C=O) groups is 4. The Morgan fingerprint density at radius 3 is 0.905 bits per heavy atom. The Labute approximate surface area is 121 Å². The molecule has 0 fully saturated rings. The monoisotopic (exact) mass is 304 g/mol. The molecular weight excluding hydrogens is 288 g/mol. The van der Waals surface area contributed by atoms with Crippen LogP contribution in [0.4, 0.5) is 0 Å². The van der Waals surface area contributed by atoms with Crippen LogP contribution in [-0.4, -0.2) is 93.4 Å². The van der Waals surface area contributed by atoms with E-state index in [1.807, 2.05) is 0 Å². The molecule has 0 aromatic rings. The Morgan fingerprint density at radius 1 is 0.571 bits per heavy atom. The number of aliphatic carboxylic acids is 4. The molecule has 0 unspecified atom stereocenters. The van der Waals surface area contributed by atoms with E-state index in [1.165, 1.54) is 0 Å². The molecule has 0 atom stereocenters. The topological polar surface area (TPSA) is 156 Å². The molecule has 4 radical (unpaired) electrons. The highest BCUT2D eigenvalue weighted by atomic mass is 16.4. The van der Waals surface area contributed by atoms with Crippen molar-refractivity contribution in [2.75, 3.05) is 39.3 Å². The van der Waals surface area contributed by atoms with Gasteiger partial charge in [-0.05, 0) is 0 Å². The second kappa shape index (κ2) is 10.6. The molecule has 4 N–H and O–H groups in total. The lowest BCUT2D eigenvalue weighted by Gasteiger charge is -2.23. The van der Waals surface area contributed by atoms with E-state index in [1.54, 1.807) is 0 Å². The summed E-state index contributed by atoms with van der Waals surface area (Å²) in [6.07, 6.45) is 0. The summed E-state index contributed by atoms with van der Waals surface area (Å²) < 4.78 is 0. The van der Waals surface area contributed by atoms with Crippen molar-refractivity contribution >= 4 is 23.9 Å². The minimum Gasteiger partial charge on any atom is -0.480 e. The minimum atomic E-state index is -1.23. The highest BCUT2D eigenvalue weighted by molar-refractivity contribution is 5.73. The zero-order chi connectivity index (χ0) is 15.7. The maximum atomic E-state index is 10.6. The lowest BCUT2D eigenvalue weighted by atomic mass is 10.4. The molecule has 0 aromatic carbocycles. The molecule has 0 aliphatic carbocycles. The van der Waals surface area contributed by atoms with Crippen LogP contribution in [0.5, 0.6) is 0 Å². The zero-order valence-electron chi connectivity index (χ0n) is 11.1. The van der Waals surface area contributed by atoms with Gasteiger partial charge in [-0.15, -0.1) is 0 Å². The molecule has 21 heavy (non-hydrogen) atoms. The van der Waals surface area contributed by atoms with Crippen molar-refractivity contribution in [1.82, 2.24) is 9.80 Å². The predicted octanol–water partition coefficient (Wildman–Crippen LogP) is -1.99. The van der Waals surface area contributed by atoms with Crippen molar-refractivity contribution in [2.24, 2.45) is 0 Å². The summed E-state index contributed by atoms with van der Waals surface area (Å²) in [5, 5.41) is 34.5. The van der Waals surface area contributed by atoms with Crippen LogP contribution in [0.1, 0.15) is 0 Å². The summed E-state index contributed by atoms with van der Waals surface area (Å²) in [4.78, 5) is 44.4. The van der Waals surface area contributed by atoms with Crippen LogP contribution in [0.2, 0.25) is 0 Å². The molecular formula is C11H16N2O8. The number of hydrogen-bond donors (Lipinski definition) is 4. The number of rotatable bonds is 11. The van der Waals surface area contributed by atoms with Crippen LogP contribution in [0.3, 0.4) is 0 Å². The van der Waals surface area contributed by atoms with Gasteiger partial charge < -0.3 is 20.4 Å². The van der Waals surface area contributed by atoms with Gasteiger partial charge in [0.2, 0.25) is 0 Å². The largest absolute Gasteiger partial charge is 0.480 e. The van der Waals surface area contributed by atoms with E-state index in [0.29, 0.717) is 0 Å². The molecule has 10 heteroatoms. The summed E-state index contributed by atoms with van der Waals surface area (Å²) in [5.74, 6) is -4.91. The molecule has 0 aromatic heterocycles. The van der Waals surface area contributed by atoms with Crippen molar-refractivity contribution in [3.05, 3.63) is 7.43 Å². The zero-order valence-corrected chi connectivity index (χ0v) is 11.1. The molecule has 118 valence electrons. The van der Waals surface area contributed by atoms with E-state index in [0.717, 1.165) is 9.80 Å². The van der Waals surface area contributed by atoms with E-state index in [4.69, 9.17) is 20.4 Å². The third-order valence-corrected chi connectivity index (χ3v) is 2.17. The SMILES string of the molecule is O=C(O)CN(CCN(CC(=O)O)CC(=O)O)CC(=O)O.[C]. The van der Waals surface area contributed by atoms with Crippen molar-refractivity contribution in [1.29, 1.82) is 0 Å². The third kappa shape index (κ3) is 12.6. The Morgan fingerprint density at radius 2 is 0.762 bits per heavy atom. The van der Waals surface area contributed by atoms with E-state index in [2.05, 4.69) is 0 Å². The molecule has 0 saturated heterocycles. The van der Waals surface area contributed by atoms with E-state index < -0.39 is 50.1 Å². The molecule has 0 rings (SSSR count). The average Bonchev–Trinajstić information content (AvgIpc) is 2.22. The van der Waals surface area contributed by atoms with Crippen LogP contribution in [0.25, 0.3) is 0 Å². The van der Waals surface area contributed by atoms with Gasteiger partial charge >= 0.3 is 23.9 Å². The molecule has 0 bridgehead atoms. The average molecular weight is 304 g/mol. The van der Waals surface area contributed by atoms with Crippen molar-refractivity contribution in [2.45, 2.75) is 0 Å². The molecule has 0 aliphatic rings. The lowest BCUT2D eigenvalue weighted by Crippen LogP contribution is -2.43. The molecule has 0 spiro atoms. The van der Waals surface area contributed by atoms with Crippen LogP contribution >= 0.6 is 0 Å². The summed E-state index contributed by atoms with van der Waals surface area (Å²) in [6, 6.07) is 0. The summed E-state index contributed by atoms with van der Waals surface area (Å²) in [7, 11) is 0. The quantitative estimate of drug-likeness (QED) is 0.337. The van der Waals surface area contributed by atoms with Gasteiger partial charge in [0.25, 0.3) is 0 Å². The van der Waals surface area contributed by atoms with Crippen LogP contribution in [-0.2, 0) is 19.2 Å². The molecule has 10 nitrogen and oxygen atoms in total. The number of carboxylic acids is 4. The summed E-state index contributed by atoms with van der Waals surface area (Å²) in [5.41, 5.74) is 0. The fourth-order valence-electron chi connectivity index (χ4n) is 1.48. The van der Waals surface area contributed by atoms with Gasteiger partial charge in [-0.3, -0.25) is 29.0 Å². The van der Waals surface area contributed by atoms with Gasteiger partial charge in [0, 0.05) is 20.5 Å². The second-order valence-electron chi connectivity index (χ2n) is 4.00. The van der Waals surface area contributed by atoms with Gasteiger partial charge in [0.05, 0.1) is 26.2 Å². The lowest BCUT2D eigenvalue weighted by molar-refractivity contribution is -0.145. The fraction of sp³-hybridized carbons (Fsp3) is 0.545. The first-order chi connectivity index (χ1) is 9.20. The number of carboxylic acid groups (broad SMARTS) is 4. The number of hydrogen-bond acceptors (Lipinski definition) is 6. The van der Waals surface area contributed by atoms with Gasteiger partial charge in [-0.2, -0.15) is 0 Å². The van der Waals surface area contributed by atoms with Crippen LogP contribution in [0.15, 0.2) is 0 Å². The highest BCUT2D eigenvalue weighted by Crippen LogP contribution is 1.94. The van der Waals surface area contributed by atoms with Crippen LogP contribution < -0.4 is 0 Å². The van der Waals surface area contributed by atoms with Gasteiger partial charge in [-0.1, -0.05) is 0 Å². The first-order valence-corrected chi connectivity index (χ1v) is 5.52. The maximum Gasteiger partial charge on any atom is 0.317 e. The number of nitrogens with zero attached hydrogens (tertiary/aromatic N) is 2. The summed E-state index contributed by atoms with van der Waals surface area (Å²) >= 11 is 0. The first kappa shape index (κ1) is 21.1. The smallest absolute Gasteiger partial charge is 0.317 e. The van der Waals surface area contributed by atoms with Gasteiger partial charge in [0.1, 0.15) is 0 Å². The minimum absolute atomic E-state index is 0. The van der Waals surface area contributed by atoms with E-state index in [-0.39, 0.29) is 20.5 Å². The highest BCUT2D eigenvalue weighted by Gasteiger charge is 2.17. The van der Waals surface area contributed by atoms with Gasteiger partial charge in [0.15, 0.2) is 0 Å². The molecule has 0 amide bonds. The van der Waals surface area contributed by atoms with Crippen molar-refractivity contribution in [3.8, 4) is 0 Å². The standard InChI is InChI=1S/C10H16N2O8.C/c13-7(14)3-11(4-8(15)16)1-2-12(5-9(17)18)6-10(19)20;/h1-6H2,(H,13,14)(H,15,16)(H,17,18)(H,19,20);. The van der Waals surface area contributed by atoms with E-state index >= 15 is 0 Å².